The molecule has 4 aromatic rings. The highest BCUT2D eigenvalue weighted by Gasteiger charge is 2.38. The van der Waals surface area contributed by atoms with Gasteiger partial charge in [-0.2, -0.15) is 0 Å². The summed E-state index contributed by atoms with van der Waals surface area (Å²) in [6.07, 6.45) is 1.78. The lowest BCUT2D eigenvalue weighted by atomic mass is 9.80. The molecule has 0 spiro atoms. The highest BCUT2D eigenvalue weighted by Crippen LogP contribution is 2.54. The van der Waals surface area contributed by atoms with E-state index in [2.05, 4.69) is 10.3 Å². The van der Waals surface area contributed by atoms with Crippen LogP contribution >= 0.6 is 12.2 Å². The van der Waals surface area contributed by atoms with Crippen molar-refractivity contribution in [2.45, 2.75) is 18.9 Å². The number of rotatable bonds is 8. The van der Waals surface area contributed by atoms with Gasteiger partial charge < -0.3 is 40.7 Å². The molecule has 3 aliphatic rings. The summed E-state index contributed by atoms with van der Waals surface area (Å²) in [5.41, 5.74) is 10.0. The van der Waals surface area contributed by atoms with Crippen molar-refractivity contribution >= 4 is 40.6 Å². The Morgan fingerprint density at radius 1 is 1.08 bits per heavy atom. The number of fused-ring (bicyclic) bond motifs is 3. The van der Waals surface area contributed by atoms with E-state index < -0.39 is 11.9 Å². The van der Waals surface area contributed by atoms with Gasteiger partial charge in [0.2, 0.25) is 11.9 Å². The third kappa shape index (κ3) is 5.74. The van der Waals surface area contributed by atoms with E-state index in [0.717, 1.165) is 17.1 Å². The van der Waals surface area contributed by atoms with Gasteiger partial charge in [-0.25, -0.2) is 9.79 Å². The van der Waals surface area contributed by atoms with Gasteiger partial charge in [-0.3, -0.25) is 9.69 Å². The van der Waals surface area contributed by atoms with Crippen LogP contribution in [0.4, 0.5) is 5.69 Å². The molecule has 0 radical (unpaired) electrons. The molecule has 7 N–H and O–H groups in total. The lowest BCUT2D eigenvalue weighted by Crippen LogP contribution is -2.72. The molecule has 1 saturated heterocycles. The van der Waals surface area contributed by atoms with Crippen molar-refractivity contribution in [2.75, 3.05) is 24.6 Å². The fraction of sp³-hybridized carbons (Fsp3) is 0.167. The van der Waals surface area contributed by atoms with Gasteiger partial charge in [0.1, 0.15) is 47.9 Å². The van der Waals surface area contributed by atoms with Crippen LogP contribution in [0.2, 0.25) is 0 Å². The monoisotopic (exact) mass is 678 g/mol. The number of hydrogen-bond acceptors (Lipinski definition) is 8. The molecule has 1 unspecified atom stereocenters. The second-order valence-corrected chi connectivity index (χ2v) is 12.2. The quantitative estimate of drug-likeness (QED) is 0.133. The van der Waals surface area contributed by atoms with Crippen LogP contribution < -0.4 is 30.4 Å². The highest BCUT2D eigenvalue weighted by molar-refractivity contribution is 7.80. The number of nitrogens with two attached hydrogens (primary N) is 1. The van der Waals surface area contributed by atoms with Crippen LogP contribution in [0.25, 0.3) is 0 Å². The van der Waals surface area contributed by atoms with Crippen molar-refractivity contribution in [3.63, 3.8) is 0 Å². The largest absolute Gasteiger partial charge is 0.508 e. The summed E-state index contributed by atoms with van der Waals surface area (Å²) in [6.45, 7) is 2.50. The molecule has 13 heteroatoms. The maximum absolute atomic E-state index is 12.5. The first kappa shape index (κ1) is 31.5. The smallest absolute Gasteiger partial charge is 0.335 e. The van der Waals surface area contributed by atoms with E-state index in [1.807, 2.05) is 31.2 Å². The minimum Gasteiger partial charge on any atom is -0.508 e. The molecule has 49 heavy (non-hydrogen) atoms. The number of hydrogen-bond donors (Lipinski definition) is 6. The van der Waals surface area contributed by atoms with Gasteiger partial charge in [0, 0.05) is 28.7 Å². The third-order valence-electron chi connectivity index (χ3n) is 8.79. The number of thiocarbonyl (C=S) groups is 1. The van der Waals surface area contributed by atoms with Crippen LogP contribution in [0.3, 0.4) is 0 Å². The van der Waals surface area contributed by atoms with Gasteiger partial charge >= 0.3 is 5.97 Å². The van der Waals surface area contributed by atoms with E-state index in [1.165, 1.54) is 29.2 Å². The molecule has 248 valence electrons. The number of aromatic carboxylic acids is 1. The van der Waals surface area contributed by atoms with E-state index in [1.54, 1.807) is 41.4 Å². The number of ether oxygens (including phenoxy) is 2. The molecule has 2 atom stereocenters. The number of amides is 1. The molecule has 3 aliphatic heterocycles. The number of carbonyl (C=O) groups excluding carboxylic acids is 1. The average molecular weight is 679 g/mol. The molecule has 4 aromatic carbocycles. The zero-order valence-electron chi connectivity index (χ0n) is 26.2. The van der Waals surface area contributed by atoms with Crippen LogP contribution in [0.15, 0.2) is 90.9 Å². The van der Waals surface area contributed by atoms with Gasteiger partial charge in [0.05, 0.1) is 12.1 Å². The van der Waals surface area contributed by atoms with Gasteiger partial charge in [0.25, 0.3) is 5.91 Å². The summed E-state index contributed by atoms with van der Waals surface area (Å²) in [6, 6.07) is 21.7. The second kappa shape index (κ2) is 12.5. The molecule has 0 aliphatic carbocycles. The fourth-order valence-corrected chi connectivity index (χ4v) is 6.63. The number of aromatic hydroxyl groups is 2. The zero-order chi connectivity index (χ0) is 34.4. The lowest BCUT2D eigenvalue weighted by Gasteiger charge is -2.34. The van der Waals surface area contributed by atoms with Crippen LogP contribution in [0, 0.1) is 0 Å². The van der Waals surface area contributed by atoms with E-state index in [9.17, 15) is 24.9 Å². The van der Waals surface area contributed by atoms with Gasteiger partial charge in [-0.15, -0.1) is 0 Å². The van der Waals surface area contributed by atoms with Crippen LogP contribution in [0.5, 0.6) is 28.7 Å². The predicted octanol–water partition coefficient (Wildman–Crippen LogP) is 2.71. The Hall–Kier alpha value is -6.08. The normalized spacial score (nSPS) is 17.4. The Labute approximate surface area is 286 Å². The number of phenols is 2. The standard InChI is InChI=1S/C36H31N5O7S/c1-19-34(44)41-18-27(38-17-30(41)39-19)20-6-9-22(10-7-20)47-15-14-40(36(37)49)32-28(43)13-12-26-31(23-4-2-3-5-24(23)35(45)46)25-11-8-21(42)16-29(25)48-33(26)32/h2-13,16-17,19,31,39,42-43H,14-15,18H2,1H3,(H2,37,49)(H,45,46)/p+1/t19?,31-/m0/s1. The molecule has 0 aromatic heterocycles. The molecule has 1 fully saturated rings. The Bertz CT molecular complexity index is 2080. The summed E-state index contributed by atoms with van der Waals surface area (Å²) in [5.74, 6) is -0.0559. The maximum Gasteiger partial charge on any atom is 0.335 e. The highest BCUT2D eigenvalue weighted by atomic mass is 32.1. The van der Waals surface area contributed by atoms with Crippen LogP contribution in [-0.2, 0) is 4.79 Å². The molecule has 3 heterocycles. The molecular formula is C36H32N5O7S+. The Balaban J connectivity index is 1.15. The van der Waals surface area contributed by atoms with Crippen LogP contribution in [-0.4, -0.2) is 68.7 Å². The summed E-state index contributed by atoms with van der Waals surface area (Å²) in [7, 11) is 0. The lowest BCUT2D eigenvalue weighted by molar-refractivity contribution is -0.379. The van der Waals surface area contributed by atoms with Crippen molar-refractivity contribution in [3.05, 3.63) is 119 Å². The van der Waals surface area contributed by atoms with Crippen LogP contribution in [0.1, 0.15) is 45.5 Å². The number of carboxylic acids is 1. The number of nitrogens with zero attached hydrogens (tertiary/aromatic N) is 2. The van der Waals surface area contributed by atoms with E-state index in [0.29, 0.717) is 34.7 Å². The second-order valence-electron chi connectivity index (χ2n) is 11.8. The van der Waals surface area contributed by atoms with Gasteiger partial charge in [-0.1, -0.05) is 30.3 Å². The number of phenolic OH excluding ortho intramolecular Hbond substituents is 2. The summed E-state index contributed by atoms with van der Waals surface area (Å²) >= 11 is 5.42. The Morgan fingerprint density at radius 3 is 2.59 bits per heavy atom. The molecule has 7 rings (SSSR count). The number of carbonyl (C=O) groups is 2. The van der Waals surface area contributed by atoms with Crippen molar-refractivity contribution in [1.82, 2.24) is 10.2 Å². The maximum atomic E-state index is 12.5. The molecular weight excluding hydrogens is 646 g/mol. The van der Waals surface area contributed by atoms with Crippen molar-refractivity contribution in [1.29, 1.82) is 0 Å². The first-order chi connectivity index (χ1) is 23.6. The fourth-order valence-electron chi connectivity index (χ4n) is 6.45. The first-order valence-corrected chi connectivity index (χ1v) is 15.9. The van der Waals surface area contributed by atoms with Gasteiger partial charge in [-0.05, 0) is 67.2 Å². The summed E-state index contributed by atoms with van der Waals surface area (Å²) < 4.78 is 12.4. The number of nitrogens with one attached hydrogen (secondary N) is 2. The van der Waals surface area contributed by atoms with Crippen molar-refractivity contribution in [3.8, 4) is 28.7 Å². The van der Waals surface area contributed by atoms with E-state index >= 15 is 0 Å². The van der Waals surface area contributed by atoms with E-state index in [-0.39, 0.29) is 58.7 Å². The predicted molar refractivity (Wildman–Crippen MR) is 184 cm³/mol. The summed E-state index contributed by atoms with van der Waals surface area (Å²) in [5, 5.41) is 34.6. The minimum atomic E-state index is -1.09. The van der Waals surface area contributed by atoms with Crippen molar-refractivity contribution in [2.24, 2.45) is 5.73 Å². The molecule has 0 bridgehead atoms. The summed E-state index contributed by atoms with van der Waals surface area (Å²) in [4.78, 5) is 31.2. The van der Waals surface area contributed by atoms with E-state index in [4.69, 9.17) is 27.4 Å². The number of anilines is 1. The molecule has 12 nitrogen and oxygen atoms in total. The first-order valence-electron chi connectivity index (χ1n) is 15.5. The molecule has 1 amide bonds. The third-order valence-corrected chi connectivity index (χ3v) is 9.01. The van der Waals surface area contributed by atoms with Crippen molar-refractivity contribution < 1.29 is 39.4 Å². The average Bonchev–Trinajstić information content (AvgIpc) is 3.38. The SMILES string of the molecule is CC1NC2=C[NH+]=C(c3ccc(OCCN(C(N)=S)c4c(O)ccc5c4Oc4cc(O)ccc4[C@@H]5c4ccccc4C(=O)O)cc3)CN2C1=O. The minimum absolute atomic E-state index is 0.0200. The Morgan fingerprint density at radius 2 is 1.84 bits per heavy atom. The molecule has 0 saturated carbocycles. The zero-order valence-corrected chi connectivity index (χ0v) is 27.0. The number of benzene rings is 4. The number of carboxylic acid groups (broad SMARTS) is 1. The topological polar surface area (TPSA) is 172 Å². The Kier molecular flexibility index (Phi) is 8.04. The van der Waals surface area contributed by atoms with Gasteiger partial charge in [0.15, 0.2) is 16.7 Å².